The van der Waals surface area contributed by atoms with Crippen LogP contribution in [0.3, 0.4) is 0 Å². The number of rotatable bonds is 3. The molecule has 0 radical (unpaired) electrons. The molecule has 2 atom stereocenters. The van der Waals surface area contributed by atoms with E-state index in [-0.39, 0.29) is 11.8 Å². The Morgan fingerprint density at radius 1 is 0.429 bits per heavy atom. The first kappa shape index (κ1) is 26.8. The third-order valence-corrected chi connectivity index (χ3v) is 11.0. The van der Waals surface area contributed by atoms with Crippen molar-refractivity contribution in [2.75, 3.05) is 0 Å². The van der Waals surface area contributed by atoms with Gasteiger partial charge in [-0.1, -0.05) is 140 Å². The minimum absolute atomic E-state index is 0.232. The highest BCUT2D eigenvalue weighted by Crippen LogP contribution is 2.54. The van der Waals surface area contributed by atoms with Crippen molar-refractivity contribution in [1.82, 2.24) is 0 Å². The summed E-state index contributed by atoms with van der Waals surface area (Å²) in [6.45, 7) is 0. The fourth-order valence-corrected chi connectivity index (χ4v) is 8.98. The molecule has 8 aromatic carbocycles. The van der Waals surface area contributed by atoms with Gasteiger partial charge in [0.25, 0.3) is 0 Å². The van der Waals surface area contributed by atoms with Gasteiger partial charge in [-0.2, -0.15) is 0 Å². The molecule has 2 unspecified atom stereocenters. The molecule has 0 spiro atoms. The van der Waals surface area contributed by atoms with Gasteiger partial charge in [0.05, 0.1) is 0 Å². The molecule has 8 aromatic rings. The zero-order valence-electron chi connectivity index (χ0n) is 26.7. The molecule has 2 aliphatic carbocycles. The summed E-state index contributed by atoms with van der Waals surface area (Å²) < 4.78 is 6.49. The third kappa shape index (κ3) is 3.87. The van der Waals surface area contributed by atoms with E-state index in [1.165, 1.54) is 82.1 Å². The third-order valence-electron chi connectivity index (χ3n) is 11.0. The molecule has 1 heterocycles. The second-order valence-electron chi connectivity index (χ2n) is 13.6. The molecule has 3 aliphatic rings. The number of para-hydroxylation sites is 1. The highest BCUT2D eigenvalue weighted by Gasteiger charge is 2.38. The van der Waals surface area contributed by atoms with Crippen LogP contribution in [0.5, 0.6) is 11.5 Å². The largest absolute Gasteiger partial charge is 0.456 e. The van der Waals surface area contributed by atoms with E-state index in [9.17, 15) is 0 Å². The number of hydrogen-bond donors (Lipinski definition) is 0. The minimum atomic E-state index is 0.232. The number of hydrogen-bond acceptors (Lipinski definition) is 1. The van der Waals surface area contributed by atoms with Gasteiger partial charge in [-0.15, -0.1) is 0 Å². The molecule has 49 heavy (non-hydrogen) atoms. The predicted octanol–water partition coefficient (Wildman–Crippen LogP) is 11.0. The lowest BCUT2D eigenvalue weighted by atomic mass is 9.75. The van der Waals surface area contributed by atoms with E-state index >= 15 is 0 Å². The highest BCUT2D eigenvalue weighted by atomic mass is 16.5. The van der Waals surface area contributed by atoms with Crippen LogP contribution >= 0.6 is 0 Å². The topological polar surface area (TPSA) is 9.23 Å². The average Bonchev–Trinajstić information content (AvgIpc) is 3.48. The van der Waals surface area contributed by atoms with Crippen LogP contribution in [0.1, 0.15) is 28.5 Å². The molecule has 1 heteroatoms. The SMILES string of the molecule is C1=c2ccccc2=C(c2cc(-c3ccccc3)cc(-c3ccc4c5c(cccc35)-c3ccccc3O4)c2)C2c3cccc4cccc(c34)C12. The van der Waals surface area contributed by atoms with Gasteiger partial charge in [0.2, 0.25) is 0 Å². The highest BCUT2D eigenvalue weighted by molar-refractivity contribution is 6.10. The maximum atomic E-state index is 6.49. The molecule has 0 saturated heterocycles. The van der Waals surface area contributed by atoms with Crippen molar-refractivity contribution < 1.29 is 4.74 Å². The van der Waals surface area contributed by atoms with Gasteiger partial charge in [0, 0.05) is 22.8 Å². The predicted molar refractivity (Wildman–Crippen MR) is 202 cm³/mol. The Kier molecular flexibility index (Phi) is 5.57. The Labute approximate surface area is 284 Å². The average molecular weight is 623 g/mol. The Morgan fingerprint density at radius 3 is 2.08 bits per heavy atom. The molecule has 0 saturated carbocycles. The van der Waals surface area contributed by atoms with Gasteiger partial charge in [-0.25, -0.2) is 0 Å². The molecule has 0 bridgehead atoms. The van der Waals surface area contributed by atoms with Crippen molar-refractivity contribution in [2.45, 2.75) is 11.8 Å². The van der Waals surface area contributed by atoms with Crippen LogP contribution in [0.4, 0.5) is 0 Å². The van der Waals surface area contributed by atoms with Crippen LogP contribution in [-0.2, 0) is 0 Å². The monoisotopic (exact) mass is 622 g/mol. The standard InChI is InChI=1S/C48H30O/c1-2-11-29(12-3-1)32-25-33(35-23-24-44-47-38(35)19-10-20-39(47)37-17-6-7-22-43(37)49-44)27-34(26-32)46-36-16-5-4-13-31(36)28-42-40-18-8-14-30-15-9-21-41(45(30)40)48(42)46/h1-28,42,48H. The Bertz CT molecular complexity index is 2800. The van der Waals surface area contributed by atoms with Gasteiger partial charge in [0.15, 0.2) is 0 Å². The van der Waals surface area contributed by atoms with Crippen LogP contribution in [0.15, 0.2) is 164 Å². The second-order valence-corrected chi connectivity index (χ2v) is 13.6. The lowest BCUT2D eigenvalue weighted by Crippen LogP contribution is -2.34. The van der Waals surface area contributed by atoms with E-state index in [0.29, 0.717) is 0 Å². The van der Waals surface area contributed by atoms with Gasteiger partial charge >= 0.3 is 0 Å². The summed E-state index contributed by atoms with van der Waals surface area (Å²) >= 11 is 0. The van der Waals surface area contributed by atoms with Crippen LogP contribution in [0.2, 0.25) is 0 Å². The maximum absolute atomic E-state index is 6.49. The van der Waals surface area contributed by atoms with Crippen LogP contribution in [-0.4, -0.2) is 0 Å². The zero-order valence-corrected chi connectivity index (χ0v) is 26.7. The maximum Gasteiger partial charge on any atom is 0.135 e. The fraction of sp³-hybridized carbons (Fsp3) is 0.0417. The van der Waals surface area contributed by atoms with Crippen LogP contribution < -0.4 is 15.2 Å². The smallest absolute Gasteiger partial charge is 0.135 e. The molecule has 228 valence electrons. The normalized spacial score (nSPS) is 16.4. The van der Waals surface area contributed by atoms with Crippen molar-refractivity contribution in [1.29, 1.82) is 0 Å². The molecular weight excluding hydrogens is 593 g/mol. The molecule has 0 amide bonds. The van der Waals surface area contributed by atoms with E-state index < -0.39 is 0 Å². The molecule has 0 fully saturated rings. The van der Waals surface area contributed by atoms with Crippen molar-refractivity contribution >= 4 is 33.2 Å². The number of benzene rings is 8. The van der Waals surface area contributed by atoms with Gasteiger partial charge in [0.1, 0.15) is 11.5 Å². The van der Waals surface area contributed by atoms with Crippen molar-refractivity contribution in [3.05, 3.63) is 191 Å². The second kappa shape index (κ2) is 10.2. The van der Waals surface area contributed by atoms with Crippen molar-refractivity contribution in [2.24, 2.45) is 0 Å². The number of ether oxygens (including phenoxy) is 1. The zero-order chi connectivity index (χ0) is 32.1. The van der Waals surface area contributed by atoms with Crippen molar-refractivity contribution in [3.8, 4) is 44.9 Å². The minimum Gasteiger partial charge on any atom is -0.456 e. The first-order valence-corrected chi connectivity index (χ1v) is 17.2. The Balaban J connectivity index is 1.21. The summed E-state index contributed by atoms with van der Waals surface area (Å²) in [5.41, 5.74) is 12.8. The Hall–Kier alpha value is -6.18. The Morgan fingerprint density at radius 2 is 1.16 bits per heavy atom. The summed E-state index contributed by atoms with van der Waals surface area (Å²) in [5.74, 6) is 2.34. The van der Waals surface area contributed by atoms with E-state index in [1.54, 1.807) is 0 Å². The summed E-state index contributed by atoms with van der Waals surface area (Å²) in [4.78, 5) is 0. The summed E-state index contributed by atoms with van der Waals surface area (Å²) in [6.07, 6.45) is 2.52. The van der Waals surface area contributed by atoms with Crippen LogP contribution in [0.25, 0.3) is 66.6 Å². The van der Waals surface area contributed by atoms with Crippen LogP contribution in [0, 0.1) is 0 Å². The number of fused-ring (bicyclic) bond motifs is 6. The molecule has 1 aliphatic heterocycles. The summed E-state index contributed by atoms with van der Waals surface area (Å²) in [5, 5.41) is 7.77. The summed E-state index contributed by atoms with van der Waals surface area (Å²) in [7, 11) is 0. The molecule has 1 nitrogen and oxygen atoms in total. The summed E-state index contributed by atoms with van der Waals surface area (Å²) in [6, 6.07) is 60.3. The lowest BCUT2D eigenvalue weighted by Gasteiger charge is -2.28. The first-order chi connectivity index (χ1) is 24.3. The van der Waals surface area contributed by atoms with Gasteiger partial charge < -0.3 is 4.74 Å². The molecular formula is C48H30O. The van der Waals surface area contributed by atoms with Gasteiger partial charge in [-0.05, 0) is 107 Å². The quantitative estimate of drug-likeness (QED) is 0.190. The molecule has 0 N–H and O–H groups in total. The van der Waals surface area contributed by atoms with E-state index in [2.05, 4.69) is 164 Å². The molecule has 0 aromatic heterocycles. The molecule has 11 rings (SSSR count). The fourth-order valence-electron chi connectivity index (χ4n) is 8.98. The van der Waals surface area contributed by atoms with E-state index in [1.807, 2.05) is 6.07 Å². The first-order valence-electron chi connectivity index (χ1n) is 17.2. The van der Waals surface area contributed by atoms with E-state index in [0.717, 1.165) is 17.1 Å². The van der Waals surface area contributed by atoms with Crippen molar-refractivity contribution in [3.63, 3.8) is 0 Å². The van der Waals surface area contributed by atoms with Gasteiger partial charge in [-0.3, -0.25) is 0 Å². The van der Waals surface area contributed by atoms with E-state index in [4.69, 9.17) is 4.74 Å². The lowest BCUT2D eigenvalue weighted by molar-refractivity contribution is 0.487.